The Kier molecular flexibility index (Phi) is 4.42. The molecule has 17 heavy (non-hydrogen) atoms. The van der Waals surface area contributed by atoms with Crippen LogP contribution >= 0.6 is 0 Å². The largest absolute Gasteiger partial charge is 0.395 e. The average molecular weight is 236 g/mol. The highest BCUT2D eigenvalue weighted by Gasteiger charge is 2.36. The molecular weight excluding hydrogens is 212 g/mol. The lowest BCUT2D eigenvalue weighted by Crippen LogP contribution is -2.52. The van der Waals surface area contributed by atoms with Gasteiger partial charge in [-0.15, -0.1) is 0 Å². The quantitative estimate of drug-likeness (QED) is 0.799. The second-order valence-corrected chi connectivity index (χ2v) is 5.79. The molecule has 0 aromatic heterocycles. The van der Waals surface area contributed by atoms with E-state index in [-0.39, 0.29) is 12.5 Å². The summed E-state index contributed by atoms with van der Waals surface area (Å²) in [6.07, 6.45) is 6.90. The number of rotatable bonds is 2. The molecule has 96 valence electrons. The van der Waals surface area contributed by atoms with Crippen LogP contribution in [0.15, 0.2) is 0 Å². The van der Waals surface area contributed by atoms with Crippen LogP contribution in [0.2, 0.25) is 0 Å². The van der Waals surface area contributed by atoms with E-state index in [1.54, 1.807) is 0 Å². The SMILES string of the molecule is CC1CCC(C#N)C(N2CCCCC2CO)C1. The molecule has 2 fully saturated rings. The van der Waals surface area contributed by atoms with Gasteiger partial charge in [0.2, 0.25) is 0 Å². The van der Waals surface area contributed by atoms with E-state index in [2.05, 4.69) is 17.9 Å². The molecule has 1 heterocycles. The first-order valence-electron chi connectivity index (χ1n) is 7.02. The van der Waals surface area contributed by atoms with Crippen LogP contribution in [0, 0.1) is 23.2 Å². The highest BCUT2D eigenvalue weighted by Crippen LogP contribution is 2.34. The summed E-state index contributed by atoms with van der Waals surface area (Å²) in [7, 11) is 0. The van der Waals surface area contributed by atoms with Crippen LogP contribution in [0.4, 0.5) is 0 Å². The summed E-state index contributed by atoms with van der Waals surface area (Å²) in [5.41, 5.74) is 0. The van der Waals surface area contributed by atoms with E-state index in [9.17, 15) is 10.4 Å². The van der Waals surface area contributed by atoms with Crippen molar-refractivity contribution in [2.24, 2.45) is 11.8 Å². The molecule has 1 aliphatic heterocycles. The lowest BCUT2D eigenvalue weighted by atomic mass is 9.78. The minimum Gasteiger partial charge on any atom is -0.395 e. The number of nitrogens with zero attached hydrogens (tertiary/aromatic N) is 2. The summed E-state index contributed by atoms with van der Waals surface area (Å²) >= 11 is 0. The molecule has 0 amide bonds. The molecule has 3 heteroatoms. The van der Waals surface area contributed by atoms with Gasteiger partial charge >= 0.3 is 0 Å². The molecule has 1 aliphatic carbocycles. The van der Waals surface area contributed by atoms with Crippen molar-refractivity contribution in [2.45, 2.75) is 57.5 Å². The molecule has 0 spiro atoms. The second kappa shape index (κ2) is 5.84. The lowest BCUT2D eigenvalue weighted by molar-refractivity contribution is 0.0152. The highest BCUT2D eigenvalue weighted by atomic mass is 16.3. The van der Waals surface area contributed by atoms with Gasteiger partial charge in [0.1, 0.15) is 0 Å². The second-order valence-electron chi connectivity index (χ2n) is 5.79. The summed E-state index contributed by atoms with van der Waals surface area (Å²) in [4.78, 5) is 2.44. The Morgan fingerprint density at radius 3 is 2.82 bits per heavy atom. The molecule has 2 rings (SSSR count). The monoisotopic (exact) mass is 236 g/mol. The first kappa shape index (κ1) is 12.9. The molecular formula is C14H24N2O. The minimum absolute atomic E-state index is 0.179. The minimum atomic E-state index is 0.179. The zero-order valence-corrected chi connectivity index (χ0v) is 10.8. The fraction of sp³-hybridized carbons (Fsp3) is 0.929. The van der Waals surface area contributed by atoms with Crippen molar-refractivity contribution in [3.63, 3.8) is 0 Å². The van der Waals surface area contributed by atoms with E-state index in [0.717, 1.165) is 31.7 Å². The Bertz CT molecular complexity index is 286. The summed E-state index contributed by atoms with van der Waals surface area (Å²) in [5.74, 6) is 0.907. The van der Waals surface area contributed by atoms with E-state index < -0.39 is 0 Å². The van der Waals surface area contributed by atoms with E-state index in [4.69, 9.17) is 0 Å². The predicted molar refractivity (Wildman–Crippen MR) is 67.3 cm³/mol. The van der Waals surface area contributed by atoms with Crippen LogP contribution in [0.3, 0.4) is 0 Å². The Labute approximate surface area is 104 Å². The predicted octanol–water partition coefficient (Wildman–Crippen LogP) is 2.16. The van der Waals surface area contributed by atoms with E-state index >= 15 is 0 Å². The third-order valence-corrected chi connectivity index (χ3v) is 4.55. The van der Waals surface area contributed by atoms with Crippen LogP contribution in [0.25, 0.3) is 0 Å². The van der Waals surface area contributed by atoms with Gasteiger partial charge in [0, 0.05) is 12.1 Å². The van der Waals surface area contributed by atoms with Gasteiger partial charge in [-0.05, 0) is 44.6 Å². The summed E-state index contributed by atoms with van der Waals surface area (Å²) in [5, 5.41) is 18.8. The topological polar surface area (TPSA) is 47.3 Å². The maximum absolute atomic E-state index is 9.49. The summed E-state index contributed by atoms with van der Waals surface area (Å²) < 4.78 is 0. The van der Waals surface area contributed by atoms with Gasteiger partial charge < -0.3 is 5.11 Å². The number of hydrogen-bond donors (Lipinski definition) is 1. The van der Waals surface area contributed by atoms with Gasteiger partial charge in [-0.2, -0.15) is 5.26 Å². The van der Waals surface area contributed by atoms with Crippen LogP contribution in [-0.2, 0) is 0 Å². The van der Waals surface area contributed by atoms with Gasteiger partial charge in [0.05, 0.1) is 18.6 Å². The molecule has 0 aromatic carbocycles. The standard InChI is InChI=1S/C14H24N2O/c1-11-5-6-12(9-15)14(8-11)16-7-3-2-4-13(16)10-17/h11-14,17H,2-8,10H2,1H3. The third kappa shape index (κ3) is 2.81. The first-order valence-corrected chi connectivity index (χ1v) is 7.02. The number of aliphatic hydroxyl groups excluding tert-OH is 1. The van der Waals surface area contributed by atoms with Gasteiger partial charge in [-0.25, -0.2) is 0 Å². The number of likely N-dealkylation sites (tertiary alicyclic amines) is 1. The number of nitriles is 1. The molecule has 0 bridgehead atoms. The zero-order chi connectivity index (χ0) is 12.3. The molecule has 3 nitrogen and oxygen atoms in total. The molecule has 4 atom stereocenters. The highest BCUT2D eigenvalue weighted by molar-refractivity contribution is 4.99. The van der Waals surface area contributed by atoms with E-state index in [1.165, 1.54) is 19.3 Å². The fourth-order valence-electron chi connectivity index (χ4n) is 3.52. The first-order chi connectivity index (χ1) is 8.26. The van der Waals surface area contributed by atoms with Crippen molar-refractivity contribution in [1.29, 1.82) is 5.26 Å². The van der Waals surface area contributed by atoms with E-state index in [0.29, 0.717) is 12.1 Å². The maximum Gasteiger partial charge on any atom is 0.0672 e. The van der Waals surface area contributed by atoms with Crippen LogP contribution in [-0.4, -0.2) is 35.2 Å². The average Bonchev–Trinajstić information content (AvgIpc) is 2.38. The summed E-state index contributed by atoms with van der Waals surface area (Å²) in [6, 6.07) is 3.18. The lowest BCUT2D eigenvalue weighted by Gasteiger charge is -2.45. The van der Waals surface area contributed by atoms with Crippen molar-refractivity contribution in [1.82, 2.24) is 4.90 Å². The molecule has 2 aliphatic rings. The molecule has 1 saturated heterocycles. The van der Waals surface area contributed by atoms with Crippen LogP contribution in [0.1, 0.15) is 45.4 Å². The smallest absolute Gasteiger partial charge is 0.0672 e. The van der Waals surface area contributed by atoms with Crippen molar-refractivity contribution >= 4 is 0 Å². The molecule has 1 N–H and O–H groups in total. The number of piperidine rings is 1. The third-order valence-electron chi connectivity index (χ3n) is 4.55. The molecule has 0 radical (unpaired) electrons. The Morgan fingerprint density at radius 2 is 2.12 bits per heavy atom. The molecule has 0 aromatic rings. The Balaban J connectivity index is 2.08. The van der Waals surface area contributed by atoms with Gasteiger partial charge in [-0.1, -0.05) is 13.3 Å². The maximum atomic E-state index is 9.49. The Hall–Kier alpha value is -0.590. The van der Waals surface area contributed by atoms with Crippen LogP contribution in [0.5, 0.6) is 0 Å². The fourth-order valence-corrected chi connectivity index (χ4v) is 3.52. The van der Waals surface area contributed by atoms with Crippen molar-refractivity contribution in [3.05, 3.63) is 0 Å². The van der Waals surface area contributed by atoms with Crippen molar-refractivity contribution in [3.8, 4) is 6.07 Å². The zero-order valence-electron chi connectivity index (χ0n) is 10.8. The van der Waals surface area contributed by atoms with Gasteiger partial charge in [-0.3, -0.25) is 4.90 Å². The van der Waals surface area contributed by atoms with Gasteiger partial charge in [0.15, 0.2) is 0 Å². The van der Waals surface area contributed by atoms with E-state index in [1.807, 2.05) is 0 Å². The number of hydrogen-bond acceptors (Lipinski definition) is 3. The van der Waals surface area contributed by atoms with Crippen molar-refractivity contribution < 1.29 is 5.11 Å². The summed E-state index contributed by atoms with van der Waals surface area (Å²) in [6.45, 7) is 3.61. The normalized spacial score (nSPS) is 39.8. The van der Waals surface area contributed by atoms with Crippen LogP contribution < -0.4 is 0 Å². The van der Waals surface area contributed by atoms with Crippen molar-refractivity contribution in [2.75, 3.05) is 13.2 Å². The van der Waals surface area contributed by atoms with Gasteiger partial charge in [0.25, 0.3) is 0 Å². The number of aliphatic hydroxyl groups is 1. The molecule has 1 saturated carbocycles. The molecule has 4 unspecified atom stereocenters. The Morgan fingerprint density at radius 1 is 1.29 bits per heavy atom.